The van der Waals surface area contributed by atoms with E-state index < -0.39 is 23.7 Å². The van der Waals surface area contributed by atoms with Crippen LogP contribution in [0.3, 0.4) is 0 Å². The molecule has 7 heterocycles. The van der Waals surface area contributed by atoms with Crippen molar-refractivity contribution in [2.75, 3.05) is 26.7 Å². The zero-order chi connectivity index (χ0) is 42.9. The number of nitrogens with zero attached hydrogens (tertiary/aromatic N) is 5. The number of carbonyl (C=O) groups excluding carboxylic acids is 3. The fourth-order valence-electron chi connectivity index (χ4n) is 9.10. The lowest BCUT2D eigenvalue weighted by Crippen LogP contribution is -2.40. The Bertz CT molecular complexity index is 2710. The number of likely N-dealkylation sites (tertiary alicyclic amines) is 2. The van der Waals surface area contributed by atoms with Gasteiger partial charge in [0.25, 0.3) is 0 Å². The molecule has 2 saturated heterocycles. The summed E-state index contributed by atoms with van der Waals surface area (Å²) in [5.74, 6) is 1.78. The number of carbonyl (C=O) groups is 3. The van der Waals surface area contributed by atoms with Crippen molar-refractivity contribution in [2.45, 2.75) is 89.6 Å². The molecule has 0 spiro atoms. The second-order valence-electron chi connectivity index (χ2n) is 17.7. The first-order chi connectivity index (χ1) is 29.9. The van der Waals surface area contributed by atoms with Gasteiger partial charge in [0.15, 0.2) is 0 Å². The summed E-state index contributed by atoms with van der Waals surface area (Å²) in [5.41, 5.74) is 4.28. The van der Waals surface area contributed by atoms with Crippen LogP contribution in [0, 0.1) is 11.7 Å². The van der Waals surface area contributed by atoms with Gasteiger partial charge in [0.1, 0.15) is 35.4 Å². The molecule has 62 heavy (non-hydrogen) atoms. The van der Waals surface area contributed by atoms with Crippen LogP contribution >= 0.6 is 11.3 Å². The number of halogens is 1. The fourth-order valence-corrected chi connectivity index (χ4v) is 10.2. The van der Waals surface area contributed by atoms with E-state index >= 15 is 4.39 Å². The van der Waals surface area contributed by atoms with Gasteiger partial charge in [0.2, 0.25) is 12.1 Å². The number of nitrogens with one attached hydrogen (secondary N) is 3. The molecule has 3 fully saturated rings. The van der Waals surface area contributed by atoms with Crippen LogP contribution < -0.4 is 10.1 Å². The maximum atomic E-state index is 16.8. The second kappa shape index (κ2) is 15.6. The number of ether oxygens (including phenoxy) is 3. The third-order valence-corrected chi connectivity index (χ3v) is 13.3. The molecule has 4 aliphatic rings. The Hall–Kier alpha value is -6.16. The number of thiophene rings is 1. The van der Waals surface area contributed by atoms with Crippen LogP contribution in [0.5, 0.6) is 5.75 Å². The van der Waals surface area contributed by atoms with Crippen molar-refractivity contribution in [3.05, 3.63) is 88.1 Å². The summed E-state index contributed by atoms with van der Waals surface area (Å²) in [4.78, 5) is 59.7. The minimum atomic E-state index is -0.672. The summed E-state index contributed by atoms with van der Waals surface area (Å²) < 4.78 is 36.1. The molecule has 3 atom stereocenters. The SMILES string of the molecule is COC(=O)NCC(=O)N1CCCC1c1ncc(-c2cc(F)c3c(c2)OC(c2ccc(CC4CC4)s2)n2c-3cc3cc(-c4cnc(C5CCCN5C(=O)OC(C)(C)C)[nH]4)ccc32)[nH]1. The first-order valence-corrected chi connectivity index (χ1v) is 22.2. The average molecular weight is 861 g/mol. The molecule has 1 aliphatic carbocycles. The predicted molar refractivity (Wildman–Crippen MR) is 231 cm³/mol. The van der Waals surface area contributed by atoms with Gasteiger partial charge < -0.3 is 34.4 Å². The van der Waals surface area contributed by atoms with E-state index in [0.717, 1.165) is 58.6 Å². The number of amides is 3. The van der Waals surface area contributed by atoms with Gasteiger partial charge in [-0.05, 0) is 114 Å². The molecule has 14 nitrogen and oxygen atoms in total. The number of fused-ring (bicyclic) bond motifs is 5. The fraction of sp³-hybridized carbons (Fsp3) is 0.413. The average Bonchev–Trinajstić information content (AvgIpc) is 3.96. The number of aromatic nitrogens is 5. The molecule has 4 aromatic heterocycles. The predicted octanol–water partition coefficient (Wildman–Crippen LogP) is 9.27. The zero-order valence-corrected chi connectivity index (χ0v) is 35.9. The van der Waals surface area contributed by atoms with E-state index in [1.54, 1.807) is 33.5 Å². The third-order valence-electron chi connectivity index (χ3n) is 12.2. The number of rotatable bonds is 9. The smallest absolute Gasteiger partial charge is 0.410 e. The molecule has 6 aromatic rings. The minimum Gasteiger partial charge on any atom is -0.464 e. The van der Waals surface area contributed by atoms with Gasteiger partial charge in [0, 0.05) is 34.5 Å². The van der Waals surface area contributed by atoms with Crippen LogP contribution in [0.2, 0.25) is 0 Å². The molecule has 0 radical (unpaired) electrons. The van der Waals surface area contributed by atoms with E-state index in [9.17, 15) is 14.4 Å². The highest BCUT2D eigenvalue weighted by atomic mass is 32.1. The van der Waals surface area contributed by atoms with Gasteiger partial charge in [-0.25, -0.2) is 23.9 Å². The summed E-state index contributed by atoms with van der Waals surface area (Å²) in [6, 6.07) is 15.4. The molecule has 16 heteroatoms. The van der Waals surface area contributed by atoms with Gasteiger partial charge in [0.05, 0.1) is 64.6 Å². The van der Waals surface area contributed by atoms with E-state index in [2.05, 4.69) is 53.8 Å². The molecule has 322 valence electrons. The molecule has 1 saturated carbocycles. The third kappa shape index (κ3) is 7.58. The number of hydrogen-bond acceptors (Lipinski definition) is 9. The highest BCUT2D eigenvalue weighted by Gasteiger charge is 2.37. The zero-order valence-electron chi connectivity index (χ0n) is 35.1. The number of benzene rings is 2. The summed E-state index contributed by atoms with van der Waals surface area (Å²) in [6.07, 6.45) is 8.61. The standard InChI is InChI=1S/C46H49FN8O6S/c1-46(2,3)61-45(58)54-16-6-8-35(54)42-48-22-31(51-42)26-11-13-33-28(18-26)20-36-40-30(47)19-27(21-37(40)60-43(55(33)36)38-14-12-29(62-38)17-25-9-10-25)32-23-49-41(52-32)34-7-5-15-53(34)39(56)24-50-44(57)59-4/h11-14,18-23,25,34-35,43H,5-10,15-17,24H2,1-4H3,(H,48,51)(H,49,52)(H,50,57). The molecule has 3 unspecified atom stereocenters. The Labute approximate surface area is 361 Å². The number of hydrogen-bond donors (Lipinski definition) is 3. The Morgan fingerprint density at radius 2 is 1.61 bits per heavy atom. The highest BCUT2D eigenvalue weighted by molar-refractivity contribution is 7.12. The Morgan fingerprint density at radius 3 is 2.32 bits per heavy atom. The topological polar surface area (TPSA) is 160 Å². The van der Waals surface area contributed by atoms with E-state index in [4.69, 9.17) is 14.5 Å². The van der Waals surface area contributed by atoms with Gasteiger partial charge in [-0.15, -0.1) is 11.3 Å². The van der Waals surface area contributed by atoms with E-state index in [-0.39, 0.29) is 30.6 Å². The monoisotopic (exact) mass is 860 g/mol. The lowest BCUT2D eigenvalue weighted by Gasteiger charge is -2.30. The van der Waals surface area contributed by atoms with Crippen molar-refractivity contribution < 1.29 is 33.0 Å². The number of alkyl carbamates (subject to hydrolysis) is 1. The van der Waals surface area contributed by atoms with Crippen molar-refractivity contribution in [3.63, 3.8) is 0 Å². The van der Waals surface area contributed by atoms with Crippen molar-refractivity contribution in [1.82, 2.24) is 39.6 Å². The Morgan fingerprint density at radius 1 is 0.903 bits per heavy atom. The van der Waals surface area contributed by atoms with Crippen LogP contribution in [0.4, 0.5) is 14.0 Å². The van der Waals surface area contributed by atoms with Crippen LogP contribution in [0.1, 0.15) is 99.0 Å². The first-order valence-electron chi connectivity index (χ1n) is 21.4. The van der Waals surface area contributed by atoms with E-state index in [1.807, 2.05) is 39.0 Å². The van der Waals surface area contributed by atoms with Gasteiger partial charge >= 0.3 is 12.2 Å². The van der Waals surface area contributed by atoms with Crippen LogP contribution in [-0.4, -0.2) is 84.7 Å². The summed E-state index contributed by atoms with van der Waals surface area (Å²) in [7, 11) is 1.25. The maximum absolute atomic E-state index is 16.8. The van der Waals surface area contributed by atoms with Crippen molar-refractivity contribution >= 4 is 40.3 Å². The van der Waals surface area contributed by atoms with Crippen LogP contribution in [0.25, 0.3) is 44.7 Å². The lowest BCUT2D eigenvalue weighted by atomic mass is 10.0. The summed E-state index contributed by atoms with van der Waals surface area (Å²) in [6.45, 7) is 6.56. The normalized spacial score (nSPS) is 19.7. The van der Waals surface area contributed by atoms with Gasteiger partial charge in [-0.1, -0.05) is 6.07 Å². The molecule has 2 aromatic carbocycles. The number of H-pyrrole nitrogens is 2. The quantitative estimate of drug-likeness (QED) is 0.130. The van der Waals surface area contributed by atoms with E-state index in [0.29, 0.717) is 59.4 Å². The second-order valence-corrected chi connectivity index (χ2v) is 18.9. The number of methoxy groups -OCH3 is 1. The molecular weight excluding hydrogens is 812 g/mol. The molecule has 3 N–H and O–H groups in total. The highest BCUT2D eigenvalue weighted by Crippen LogP contribution is 2.49. The van der Waals surface area contributed by atoms with Crippen molar-refractivity contribution in [3.8, 4) is 39.5 Å². The van der Waals surface area contributed by atoms with Crippen molar-refractivity contribution in [1.29, 1.82) is 0 Å². The maximum Gasteiger partial charge on any atom is 0.410 e. The molecule has 0 bridgehead atoms. The van der Waals surface area contributed by atoms with Crippen molar-refractivity contribution in [2.24, 2.45) is 5.92 Å². The Kier molecular flexibility index (Phi) is 10.1. The van der Waals surface area contributed by atoms with E-state index in [1.165, 1.54) is 30.9 Å². The van der Waals surface area contributed by atoms with Crippen LogP contribution in [-0.2, 0) is 20.7 Å². The summed E-state index contributed by atoms with van der Waals surface area (Å²) in [5, 5.41) is 3.38. The van der Waals surface area contributed by atoms with Crippen LogP contribution in [0.15, 0.2) is 60.9 Å². The lowest BCUT2D eigenvalue weighted by molar-refractivity contribution is -0.131. The summed E-state index contributed by atoms with van der Waals surface area (Å²) >= 11 is 1.74. The van der Waals surface area contributed by atoms with Gasteiger partial charge in [-0.2, -0.15) is 0 Å². The van der Waals surface area contributed by atoms with Gasteiger partial charge in [-0.3, -0.25) is 14.3 Å². The molecular formula is C46H49FN8O6S. The molecule has 3 amide bonds. The molecule has 3 aliphatic heterocycles. The largest absolute Gasteiger partial charge is 0.464 e. The molecule has 10 rings (SSSR count). The minimum absolute atomic E-state index is 0.184. The number of aromatic amines is 2. The first kappa shape index (κ1) is 39.9. The number of imidazole rings is 2. The Balaban J connectivity index is 0.977.